The summed E-state index contributed by atoms with van der Waals surface area (Å²) in [6.07, 6.45) is 2.83. The van der Waals surface area contributed by atoms with Gasteiger partial charge in [0, 0.05) is 6.92 Å². The van der Waals surface area contributed by atoms with Crippen LogP contribution in [-0.4, -0.2) is 62.8 Å². The van der Waals surface area contributed by atoms with Crippen molar-refractivity contribution in [1.82, 2.24) is 10.2 Å². The van der Waals surface area contributed by atoms with Crippen molar-refractivity contribution in [3.63, 3.8) is 0 Å². The fourth-order valence-corrected chi connectivity index (χ4v) is 3.91. The Bertz CT molecular complexity index is 801. The Morgan fingerprint density at radius 1 is 1.32 bits per heavy atom. The first-order valence-corrected chi connectivity index (χ1v) is 9.58. The Labute approximate surface area is 166 Å². The number of nitrogens with one attached hydrogen (secondary N) is 1. The Kier molecular flexibility index (Phi) is 6.29. The van der Waals surface area contributed by atoms with Gasteiger partial charge >= 0.3 is 136 Å². The Balaban J connectivity index is 1.76. The topological polar surface area (TPSA) is 79.0 Å². The predicted molar refractivity (Wildman–Crippen MR) is 108 cm³/mol. The first kappa shape index (κ1) is 20.3. The zero-order valence-electron chi connectivity index (χ0n) is 16.7. The molecule has 0 saturated carbocycles. The summed E-state index contributed by atoms with van der Waals surface area (Å²) < 4.78 is 16.1. The van der Waals surface area contributed by atoms with E-state index in [-0.39, 0.29) is 18.1 Å². The van der Waals surface area contributed by atoms with Crippen LogP contribution in [0.1, 0.15) is 30.0 Å². The van der Waals surface area contributed by atoms with E-state index >= 15 is 0 Å². The van der Waals surface area contributed by atoms with Crippen LogP contribution in [-0.2, 0) is 14.2 Å². The molecule has 0 bridgehead atoms. The zero-order chi connectivity index (χ0) is 20.3. The molecule has 0 spiro atoms. The maximum atomic E-state index is 12.3. The fourth-order valence-electron chi connectivity index (χ4n) is 3.91. The molecule has 8 heteroatoms. The molecule has 148 valence electrons. The molecule has 1 atom stereocenters. The summed E-state index contributed by atoms with van der Waals surface area (Å²) in [6, 6.07) is 4.03. The third kappa shape index (κ3) is 4.50. The number of carbonyl (C=O) groups excluding carboxylic acids is 2. The molecule has 3 rings (SSSR count). The van der Waals surface area contributed by atoms with Crippen LogP contribution in [0.15, 0.2) is 18.2 Å². The van der Waals surface area contributed by atoms with Crippen molar-refractivity contribution >= 4 is 30.4 Å². The molecule has 2 aliphatic rings. The summed E-state index contributed by atoms with van der Waals surface area (Å²) in [5.74, 6) is -0.141. The molecule has 0 aliphatic carbocycles. The van der Waals surface area contributed by atoms with Gasteiger partial charge in [-0.2, -0.15) is 0 Å². The van der Waals surface area contributed by atoms with Crippen LogP contribution in [0.25, 0.3) is 5.57 Å². The van der Waals surface area contributed by atoms with Crippen molar-refractivity contribution in [3.05, 3.63) is 34.9 Å². The summed E-state index contributed by atoms with van der Waals surface area (Å²) in [5.41, 5.74) is 5.55. The van der Waals surface area contributed by atoms with Gasteiger partial charge in [0.25, 0.3) is 0 Å². The fraction of sp³-hybridized carbons (Fsp3) is 0.500. The minimum atomic E-state index is -0.386. The summed E-state index contributed by atoms with van der Waals surface area (Å²) in [4.78, 5) is 27.1. The number of hydrogen-bond acceptors (Lipinski definition) is 5. The van der Waals surface area contributed by atoms with Crippen LogP contribution >= 0.6 is 0 Å². The van der Waals surface area contributed by atoms with Gasteiger partial charge in [-0.15, -0.1) is 0 Å². The predicted octanol–water partition coefficient (Wildman–Crippen LogP) is 1.86. The van der Waals surface area contributed by atoms with E-state index in [0.717, 1.165) is 43.5 Å². The summed E-state index contributed by atoms with van der Waals surface area (Å²) in [7, 11) is 0.943. The molecule has 1 aromatic rings. The number of carbonyl (C=O) groups is 2. The molecule has 1 aromatic carbocycles. The van der Waals surface area contributed by atoms with E-state index in [1.54, 1.807) is 4.90 Å². The number of cyclic esters (lactones) is 1. The molecule has 0 unspecified atom stereocenters. The molecule has 1 saturated heterocycles. The number of rotatable bonds is 6. The van der Waals surface area contributed by atoms with Gasteiger partial charge in [0.15, 0.2) is 0 Å². The van der Waals surface area contributed by atoms with E-state index in [4.69, 9.17) is 4.74 Å². The van der Waals surface area contributed by atoms with Gasteiger partial charge in [-0.1, -0.05) is 0 Å². The standard InChI is InChI=1S/C20H26BN3O4/c1-13-8-17(24-11-18(28-20(24)26)10-22-15(3)25)9-14(2)19(13)16-4-6-23(7-5-16)12-21-27/h4,8-9,18H,5-7,10-12H2,1-3H3,(H,22,25)/t18-/m0/s1. The van der Waals surface area contributed by atoms with Crippen LogP contribution < -0.4 is 10.2 Å². The van der Waals surface area contributed by atoms with Crippen LogP contribution in [0.4, 0.5) is 10.5 Å². The molecule has 1 fully saturated rings. The van der Waals surface area contributed by atoms with Crippen molar-refractivity contribution in [2.24, 2.45) is 0 Å². The van der Waals surface area contributed by atoms with Gasteiger partial charge in [0.1, 0.15) is 0 Å². The summed E-state index contributed by atoms with van der Waals surface area (Å²) in [5, 5.41) is 2.69. The van der Waals surface area contributed by atoms with E-state index in [1.807, 2.05) is 12.1 Å². The number of anilines is 1. The van der Waals surface area contributed by atoms with E-state index in [2.05, 4.69) is 30.1 Å². The molecule has 2 amide bonds. The molecular weight excluding hydrogens is 357 g/mol. The molecule has 1 N–H and O–H groups in total. The van der Waals surface area contributed by atoms with E-state index in [0.29, 0.717) is 19.5 Å². The average molecular weight is 383 g/mol. The monoisotopic (exact) mass is 383 g/mol. The van der Waals surface area contributed by atoms with Crippen LogP contribution in [0.3, 0.4) is 0 Å². The Hall–Kier alpha value is -2.48. The average Bonchev–Trinajstić information content (AvgIpc) is 3.02. The second kappa shape index (κ2) is 8.69. The minimum absolute atomic E-state index is 0.141. The van der Waals surface area contributed by atoms with E-state index in [9.17, 15) is 14.3 Å². The summed E-state index contributed by atoms with van der Waals surface area (Å²) >= 11 is 0. The first-order valence-electron chi connectivity index (χ1n) is 9.58. The Morgan fingerprint density at radius 2 is 2.04 bits per heavy atom. The Morgan fingerprint density at radius 3 is 2.61 bits per heavy atom. The van der Waals surface area contributed by atoms with Gasteiger partial charge in [-0.3, -0.25) is 4.79 Å². The first-order chi connectivity index (χ1) is 13.4. The number of benzene rings is 1. The molecule has 0 radical (unpaired) electrons. The summed E-state index contributed by atoms with van der Waals surface area (Å²) in [6.45, 7) is 7.93. The molecular formula is C20H26BN3O4. The zero-order valence-corrected chi connectivity index (χ0v) is 16.7. The number of hydrogen-bond donors (Lipinski definition) is 1. The van der Waals surface area contributed by atoms with Gasteiger partial charge in [-0.05, 0) is 0 Å². The normalized spacial score (nSPS) is 19.8. The van der Waals surface area contributed by atoms with Gasteiger partial charge < -0.3 is 5.32 Å². The number of aryl methyl sites for hydroxylation is 2. The molecule has 2 aliphatic heterocycles. The van der Waals surface area contributed by atoms with Crippen LogP contribution in [0.5, 0.6) is 0 Å². The van der Waals surface area contributed by atoms with Crippen LogP contribution in [0.2, 0.25) is 0 Å². The van der Waals surface area contributed by atoms with Gasteiger partial charge in [0.2, 0.25) is 5.91 Å². The number of ether oxygens (including phenoxy) is 1. The van der Waals surface area contributed by atoms with Gasteiger partial charge in [0.05, 0.1) is 6.54 Å². The SMILES string of the molecule is CC(=O)NC[C@H]1CN(c2cc(C)c(C3=CCN(CB=O)CC3)c(C)c2)C(=O)O1. The maximum absolute atomic E-state index is 12.3. The van der Waals surface area contributed by atoms with Crippen molar-refractivity contribution < 1.29 is 19.0 Å². The van der Waals surface area contributed by atoms with E-state index in [1.165, 1.54) is 18.1 Å². The third-order valence-corrected chi connectivity index (χ3v) is 5.23. The van der Waals surface area contributed by atoms with Gasteiger partial charge in [-0.25, -0.2) is 0 Å². The molecule has 2 heterocycles. The van der Waals surface area contributed by atoms with Crippen molar-refractivity contribution in [2.45, 2.75) is 33.3 Å². The second-order valence-electron chi connectivity index (χ2n) is 7.41. The van der Waals surface area contributed by atoms with Crippen molar-refractivity contribution in [2.75, 3.05) is 37.5 Å². The van der Waals surface area contributed by atoms with Crippen molar-refractivity contribution in [1.29, 1.82) is 0 Å². The van der Waals surface area contributed by atoms with Crippen molar-refractivity contribution in [3.8, 4) is 0 Å². The molecule has 28 heavy (non-hydrogen) atoms. The van der Waals surface area contributed by atoms with E-state index < -0.39 is 0 Å². The quantitative estimate of drug-likeness (QED) is 0.759. The third-order valence-electron chi connectivity index (χ3n) is 5.23. The molecule has 0 aromatic heterocycles. The second-order valence-corrected chi connectivity index (χ2v) is 7.41. The molecule has 7 nitrogen and oxygen atoms in total. The number of amides is 2. The number of nitrogens with zero attached hydrogens (tertiary/aromatic N) is 2. The van der Waals surface area contributed by atoms with Crippen LogP contribution in [0, 0.1) is 13.8 Å².